The van der Waals surface area contributed by atoms with Crippen molar-refractivity contribution in [1.82, 2.24) is 9.97 Å². The van der Waals surface area contributed by atoms with E-state index in [0.717, 1.165) is 0 Å². The second-order valence-corrected chi connectivity index (χ2v) is 8.99. The Bertz CT molecular complexity index is 1010. The van der Waals surface area contributed by atoms with Crippen molar-refractivity contribution < 1.29 is 18.0 Å². The van der Waals surface area contributed by atoms with Crippen LogP contribution >= 0.6 is 0 Å². The summed E-state index contributed by atoms with van der Waals surface area (Å²) in [6.07, 6.45) is 2.35. The van der Waals surface area contributed by atoms with Crippen molar-refractivity contribution in [3.63, 3.8) is 0 Å². The molecule has 1 aromatic heterocycles. The van der Waals surface area contributed by atoms with Gasteiger partial charge in [0.05, 0.1) is 16.2 Å². The average Bonchev–Trinajstić information content (AvgIpc) is 2.52. The number of sulfonamides is 1. The second-order valence-electron chi connectivity index (χ2n) is 7.31. The summed E-state index contributed by atoms with van der Waals surface area (Å²) in [6.45, 7) is 5.30. The van der Waals surface area contributed by atoms with Crippen molar-refractivity contribution >= 4 is 33.3 Å². The highest BCUT2D eigenvalue weighted by molar-refractivity contribution is 7.92. The van der Waals surface area contributed by atoms with Gasteiger partial charge in [-0.05, 0) is 36.1 Å². The average molecular weight is 388 g/mol. The van der Waals surface area contributed by atoms with Crippen LogP contribution in [0.3, 0.4) is 0 Å². The van der Waals surface area contributed by atoms with E-state index < -0.39 is 10.0 Å². The number of hydrogen-bond donors (Lipinski definition) is 2. The fourth-order valence-corrected chi connectivity index (χ4v) is 3.93. The summed E-state index contributed by atoms with van der Waals surface area (Å²) in [4.78, 5) is 31.5. The first-order valence-electron chi connectivity index (χ1n) is 8.35. The number of amides is 1. The molecule has 2 aromatic rings. The van der Waals surface area contributed by atoms with Crippen LogP contribution in [0.25, 0.3) is 0 Å². The first-order chi connectivity index (χ1) is 12.6. The van der Waals surface area contributed by atoms with Gasteiger partial charge in [0.1, 0.15) is 0 Å². The van der Waals surface area contributed by atoms with E-state index in [1.54, 1.807) is 0 Å². The molecule has 0 bridgehead atoms. The van der Waals surface area contributed by atoms with E-state index in [1.807, 2.05) is 13.8 Å². The molecule has 142 valence electrons. The molecule has 0 saturated carbocycles. The Morgan fingerprint density at radius 3 is 2.44 bits per heavy atom. The van der Waals surface area contributed by atoms with Crippen molar-refractivity contribution in [3.05, 3.63) is 41.7 Å². The fourth-order valence-electron chi connectivity index (χ4n) is 2.98. The number of ketones is 1. The van der Waals surface area contributed by atoms with Crippen LogP contribution in [0, 0.1) is 5.41 Å². The summed E-state index contributed by atoms with van der Waals surface area (Å²) >= 11 is 0. The molecule has 27 heavy (non-hydrogen) atoms. The lowest BCUT2D eigenvalue weighted by molar-refractivity contribution is -0.114. The Morgan fingerprint density at radius 1 is 1.15 bits per heavy atom. The van der Waals surface area contributed by atoms with E-state index in [9.17, 15) is 18.0 Å². The van der Waals surface area contributed by atoms with Gasteiger partial charge < -0.3 is 5.32 Å². The summed E-state index contributed by atoms with van der Waals surface area (Å²) in [5.41, 5.74) is 1.25. The Balaban J connectivity index is 1.84. The zero-order chi connectivity index (χ0) is 19.8. The van der Waals surface area contributed by atoms with E-state index in [-0.39, 0.29) is 27.9 Å². The van der Waals surface area contributed by atoms with Crippen LogP contribution in [0.1, 0.15) is 43.2 Å². The molecular weight excluding hydrogens is 368 g/mol. The minimum Gasteiger partial charge on any atom is -0.326 e. The number of nitrogens with one attached hydrogen (secondary N) is 2. The zero-order valence-electron chi connectivity index (χ0n) is 15.2. The van der Waals surface area contributed by atoms with Gasteiger partial charge in [0.2, 0.25) is 11.9 Å². The number of anilines is 2. The molecule has 8 nitrogen and oxygen atoms in total. The van der Waals surface area contributed by atoms with Crippen LogP contribution in [0.15, 0.2) is 35.4 Å². The molecule has 2 N–H and O–H groups in total. The number of rotatable bonds is 4. The molecule has 3 rings (SSSR count). The van der Waals surface area contributed by atoms with Crippen LogP contribution in [0.2, 0.25) is 0 Å². The number of aromatic nitrogens is 2. The van der Waals surface area contributed by atoms with Crippen molar-refractivity contribution in [3.8, 4) is 0 Å². The number of Topliss-reactive ketones (excluding diaryl/α,β-unsaturated/α-hetero) is 1. The van der Waals surface area contributed by atoms with Crippen molar-refractivity contribution in [1.29, 1.82) is 0 Å². The van der Waals surface area contributed by atoms with Gasteiger partial charge in [-0.2, -0.15) is 0 Å². The first-order valence-corrected chi connectivity index (χ1v) is 9.84. The molecule has 0 saturated heterocycles. The normalized spacial score (nSPS) is 15.7. The smallest absolute Gasteiger partial charge is 0.264 e. The quantitative estimate of drug-likeness (QED) is 0.830. The molecular formula is C18H20N4O4S. The summed E-state index contributed by atoms with van der Waals surface area (Å²) in [7, 11) is -3.90. The molecule has 1 aliphatic rings. The topological polar surface area (TPSA) is 118 Å². The van der Waals surface area contributed by atoms with Crippen LogP contribution in [0.4, 0.5) is 11.6 Å². The van der Waals surface area contributed by atoms with Crippen LogP contribution in [-0.4, -0.2) is 30.1 Å². The summed E-state index contributed by atoms with van der Waals surface area (Å²) in [6, 6.07) is 5.73. The Morgan fingerprint density at radius 2 is 1.81 bits per heavy atom. The maximum Gasteiger partial charge on any atom is 0.264 e. The van der Waals surface area contributed by atoms with Crippen molar-refractivity contribution in [2.45, 2.75) is 38.5 Å². The maximum atomic E-state index is 12.5. The Labute approximate surface area is 157 Å². The van der Waals surface area contributed by atoms with Crippen LogP contribution in [0.5, 0.6) is 0 Å². The van der Waals surface area contributed by atoms with Crippen molar-refractivity contribution in [2.75, 3.05) is 10.0 Å². The summed E-state index contributed by atoms with van der Waals surface area (Å²) in [5.74, 6) is -0.363. The molecule has 0 radical (unpaired) electrons. The Hall–Kier alpha value is -2.81. The lowest BCUT2D eigenvalue weighted by atomic mass is 9.76. The number of carbonyl (C=O) groups is 2. The molecule has 0 aliphatic heterocycles. The number of hydrogen-bond acceptors (Lipinski definition) is 6. The van der Waals surface area contributed by atoms with Crippen molar-refractivity contribution in [2.24, 2.45) is 5.41 Å². The lowest BCUT2D eigenvalue weighted by Crippen LogP contribution is -2.28. The van der Waals surface area contributed by atoms with Gasteiger partial charge in [-0.25, -0.2) is 23.1 Å². The number of nitrogens with zero attached hydrogens (tertiary/aromatic N) is 2. The number of carbonyl (C=O) groups excluding carboxylic acids is 2. The van der Waals surface area contributed by atoms with Crippen LogP contribution in [-0.2, 0) is 21.2 Å². The lowest BCUT2D eigenvalue weighted by Gasteiger charge is -2.29. The van der Waals surface area contributed by atoms with Crippen LogP contribution < -0.4 is 10.0 Å². The number of benzene rings is 1. The van der Waals surface area contributed by atoms with E-state index >= 15 is 0 Å². The summed E-state index contributed by atoms with van der Waals surface area (Å²) in [5, 5.41) is 2.57. The fraction of sp³-hybridized carbons (Fsp3) is 0.333. The third kappa shape index (κ3) is 4.30. The molecule has 0 atom stereocenters. The van der Waals surface area contributed by atoms with E-state index in [1.165, 1.54) is 37.4 Å². The van der Waals surface area contributed by atoms with Gasteiger partial charge in [0.25, 0.3) is 10.0 Å². The Kier molecular flexibility index (Phi) is 4.73. The number of fused-ring (bicyclic) bond motifs is 1. The molecule has 1 aromatic carbocycles. The van der Waals surface area contributed by atoms with E-state index in [2.05, 4.69) is 20.0 Å². The van der Waals surface area contributed by atoms with Gasteiger partial charge in [0, 0.05) is 25.2 Å². The zero-order valence-corrected chi connectivity index (χ0v) is 16.1. The maximum absolute atomic E-state index is 12.5. The SMILES string of the molecule is CC(=O)Nc1ccc(S(=O)(=O)Nc2ncc3c(n2)CC(C)(C)CC3=O)cc1. The molecule has 0 spiro atoms. The highest BCUT2D eigenvalue weighted by Crippen LogP contribution is 2.33. The van der Waals surface area contributed by atoms with Gasteiger partial charge in [-0.3, -0.25) is 9.59 Å². The molecule has 1 aliphatic carbocycles. The van der Waals surface area contributed by atoms with Gasteiger partial charge in [-0.15, -0.1) is 0 Å². The molecule has 0 fully saturated rings. The monoisotopic (exact) mass is 388 g/mol. The molecule has 9 heteroatoms. The predicted octanol–water partition coefficient (Wildman–Crippen LogP) is 2.39. The minimum absolute atomic E-state index is 0.00864. The van der Waals surface area contributed by atoms with Gasteiger partial charge >= 0.3 is 0 Å². The third-order valence-corrected chi connectivity index (χ3v) is 5.51. The summed E-state index contributed by atoms with van der Waals surface area (Å²) < 4.78 is 27.4. The third-order valence-electron chi connectivity index (χ3n) is 4.16. The predicted molar refractivity (Wildman–Crippen MR) is 100 cm³/mol. The highest BCUT2D eigenvalue weighted by Gasteiger charge is 2.32. The van der Waals surface area contributed by atoms with E-state index in [4.69, 9.17) is 0 Å². The standard InChI is InChI=1S/C18H20N4O4S/c1-11(23)20-12-4-6-13(7-5-12)27(25,26)22-17-19-10-14-15(21-17)8-18(2,3)9-16(14)24/h4-7,10H,8-9H2,1-3H3,(H,20,23)(H,19,21,22). The molecule has 1 amide bonds. The first kappa shape index (κ1) is 19.0. The largest absolute Gasteiger partial charge is 0.326 e. The van der Waals surface area contributed by atoms with E-state index in [0.29, 0.717) is 29.8 Å². The molecule has 0 unspecified atom stereocenters. The minimum atomic E-state index is -3.90. The molecule has 1 heterocycles. The highest BCUT2D eigenvalue weighted by atomic mass is 32.2. The van der Waals surface area contributed by atoms with Gasteiger partial charge in [0.15, 0.2) is 5.78 Å². The van der Waals surface area contributed by atoms with Gasteiger partial charge in [-0.1, -0.05) is 13.8 Å². The second kappa shape index (κ2) is 6.73.